The van der Waals surface area contributed by atoms with Crippen molar-refractivity contribution in [3.8, 4) is 0 Å². The molecule has 0 aromatic heterocycles. The summed E-state index contributed by atoms with van der Waals surface area (Å²) in [5.41, 5.74) is 0. The van der Waals surface area contributed by atoms with Gasteiger partial charge < -0.3 is 12.8 Å². The van der Waals surface area contributed by atoms with Gasteiger partial charge in [0, 0.05) is 491 Å². The van der Waals surface area contributed by atoms with Gasteiger partial charge in [-0.1, -0.05) is 0 Å². The van der Waals surface area contributed by atoms with Crippen molar-refractivity contribution in [1.82, 2.24) is 0 Å². The quantitative estimate of drug-likeness (QED) is 0.328. The van der Waals surface area contributed by atoms with Crippen LogP contribution in [0.5, 0.6) is 0 Å². The second-order valence-electron chi connectivity index (χ2n) is 1.15. The molecule has 0 unspecified atom stereocenters. The third-order valence-electron chi connectivity index (χ3n) is 0. The van der Waals surface area contributed by atoms with E-state index in [9.17, 15) is 0 Å². The van der Waals surface area contributed by atoms with Crippen LogP contribution in [0.15, 0.2) is 0 Å². The van der Waals surface area contributed by atoms with E-state index in [2.05, 4.69) is 0 Å². The Morgan fingerprint density at radius 3 is 0.238 bits per heavy atom. The van der Waals surface area contributed by atoms with Crippen LogP contribution in [0, 0.1) is 12.8 Å². The molecule has 0 aliphatic rings. The zero-order valence-corrected chi connectivity index (χ0v) is 56.4. The molecule has 0 aliphatic carbocycles. The number of hydrogen-bond acceptors (Lipinski definition) is 0. The first kappa shape index (κ1) is 119. The Morgan fingerprint density at radius 2 is 0.238 bits per heavy atom. The van der Waals surface area contributed by atoms with E-state index in [1.165, 1.54) is 0 Å². The van der Waals surface area contributed by atoms with Gasteiger partial charge in [-0.05, 0) is 0 Å². The molecule has 0 saturated carbocycles. The van der Waals surface area contributed by atoms with E-state index < -0.39 is 0 Å². The van der Waals surface area contributed by atoms with Gasteiger partial charge in [0.1, 0.15) is 0 Å². The van der Waals surface area contributed by atoms with Gasteiger partial charge >= 0.3 is 0 Å². The molecule has 0 fully saturated rings. The Balaban J connectivity index is -0.000000000593. The van der Waals surface area contributed by atoms with Crippen LogP contribution in [-0.4, -0.2) is 0 Å². The van der Waals surface area contributed by atoms with Crippen LogP contribution in [0.4, 0.5) is 0 Å². The van der Waals surface area contributed by atoms with Crippen molar-refractivity contribution >= 4 is 0 Å². The maximum Gasteiger partial charge on any atom is 0 e. The van der Waals surface area contributed by atoms with Crippen LogP contribution < -0.4 is 0 Å². The average Bonchev–Trinajstić information content (AvgIpc) is 1.39. The fourth-order valence-corrected chi connectivity index (χ4v) is 0. The summed E-state index contributed by atoms with van der Waals surface area (Å²) >= 11 is 0. The Morgan fingerprint density at radius 1 is 0.238 bits per heavy atom. The molecule has 85 valence electrons. The van der Waals surface area contributed by atoms with Gasteiger partial charge in [-0.3, -0.25) is 0 Å². The Bertz CT molecular complexity index is 20.1. The van der Waals surface area contributed by atoms with Crippen LogP contribution in [-0.2, 0) is 491 Å². The number of rotatable bonds is 0. The van der Waals surface area contributed by atoms with E-state index in [4.69, 9.17) is 0 Å². The third-order valence-corrected chi connectivity index (χ3v) is 0. The monoisotopic (exact) mass is 1420 g/mol. The van der Waals surface area contributed by atoms with Gasteiger partial charge in [0.25, 0.3) is 0 Å². The summed E-state index contributed by atoms with van der Waals surface area (Å²) in [6, 6.07) is 0. The van der Waals surface area contributed by atoms with Crippen LogP contribution in [0.2, 0.25) is 0 Å². The van der Waals surface area contributed by atoms with Gasteiger partial charge in [-0.2, -0.15) is 27.7 Å². The first-order valence-corrected chi connectivity index (χ1v) is 2.31. The van der Waals surface area contributed by atoms with Gasteiger partial charge in [0.2, 0.25) is 0 Å². The van der Waals surface area contributed by atoms with E-state index >= 15 is 0 Å². The molecular formula is C6H14Y15-2. The summed E-state index contributed by atoms with van der Waals surface area (Å²) < 4.78 is 0. The van der Waals surface area contributed by atoms with Gasteiger partial charge in [0.05, 0.1) is 0 Å². The van der Waals surface area contributed by atoms with Crippen molar-refractivity contribution in [3.05, 3.63) is 12.8 Å². The molecule has 0 aromatic carbocycles. The molecule has 21 heavy (non-hydrogen) atoms. The SMILES string of the molecule is C[CH-]C.C[CH-]C.[Y].[Y].[Y].[Y].[Y].[Y].[Y].[Y].[Y].[Y].[Y].[Y].[Y].[Y].[Y]. The molecule has 0 saturated heterocycles. The summed E-state index contributed by atoms with van der Waals surface area (Å²) in [4.78, 5) is 0. The van der Waals surface area contributed by atoms with E-state index in [-0.39, 0.29) is 491 Å². The molecule has 0 aromatic rings. The van der Waals surface area contributed by atoms with Crippen LogP contribution in [0.1, 0.15) is 27.7 Å². The minimum Gasteiger partial charge on any atom is -0.335 e. The van der Waals surface area contributed by atoms with Gasteiger partial charge in [-0.15, -0.1) is 0 Å². The molecule has 0 heterocycles. The van der Waals surface area contributed by atoms with E-state index in [0.29, 0.717) is 0 Å². The molecule has 0 N–H and O–H groups in total. The standard InChI is InChI=1S/2C3H7.15Y/c2*1-3-2;;;;;;;;;;;;;;;/h2*3H,1-2H3;;;;;;;;;;;;;;;/q2*-1;;;;;;;;;;;;;;;. The van der Waals surface area contributed by atoms with Crippen LogP contribution in [0.25, 0.3) is 0 Å². The minimum absolute atomic E-state index is 0. The molecule has 0 amide bonds. The molecule has 0 nitrogen and oxygen atoms in total. The van der Waals surface area contributed by atoms with E-state index in [0.717, 1.165) is 0 Å². The maximum absolute atomic E-state index is 2.00. The van der Waals surface area contributed by atoms with Crippen molar-refractivity contribution < 1.29 is 491 Å². The fraction of sp³-hybridized carbons (Fsp3) is 0.667. The average molecular weight is 1420 g/mol. The second-order valence-corrected chi connectivity index (χ2v) is 1.15. The Labute approximate surface area is 512 Å². The zero-order valence-electron chi connectivity index (χ0n) is 13.8. The first-order valence-electron chi connectivity index (χ1n) is 2.31. The molecule has 0 spiro atoms. The topological polar surface area (TPSA) is 0 Å². The van der Waals surface area contributed by atoms with Crippen LogP contribution >= 0.6 is 0 Å². The second kappa shape index (κ2) is 134. The number of hydrogen-bond donors (Lipinski definition) is 0. The van der Waals surface area contributed by atoms with Crippen molar-refractivity contribution in [2.45, 2.75) is 27.7 Å². The Hall–Kier alpha value is 16.6. The van der Waals surface area contributed by atoms with E-state index in [1.54, 1.807) is 0 Å². The molecule has 15 heteroatoms. The zero-order chi connectivity index (χ0) is 5.41. The molecule has 0 bridgehead atoms. The summed E-state index contributed by atoms with van der Waals surface area (Å²) in [7, 11) is 0. The van der Waals surface area contributed by atoms with Crippen LogP contribution in [0.3, 0.4) is 0 Å². The van der Waals surface area contributed by atoms with Crippen molar-refractivity contribution in [1.29, 1.82) is 0 Å². The fourth-order valence-electron chi connectivity index (χ4n) is 0. The van der Waals surface area contributed by atoms with Crippen molar-refractivity contribution in [3.63, 3.8) is 0 Å². The summed E-state index contributed by atoms with van der Waals surface area (Å²) in [6.45, 7) is 8.00. The summed E-state index contributed by atoms with van der Waals surface area (Å²) in [6.07, 6.45) is 4.00. The summed E-state index contributed by atoms with van der Waals surface area (Å²) in [5.74, 6) is 0. The first-order chi connectivity index (χ1) is 2.83. The minimum atomic E-state index is 0. The Kier molecular flexibility index (Phi) is 759. The third kappa shape index (κ3) is 159. The van der Waals surface area contributed by atoms with Gasteiger partial charge in [0.15, 0.2) is 0 Å². The predicted octanol–water partition coefficient (Wildman–Crippen LogP) is 2.42. The predicted molar refractivity (Wildman–Crippen MR) is 31.3 cm³/mol. The van der Waals surface area contributed by atoms with Gasteiger partial charge in [-0.25, -0.2) is 0 Å². The maximum atomic E-state index is 2.00. The largest absolute Gasteiger partial charge is 0.335 e. The molecular weight excluding hydrogens is 1410 g/mol. The normalized spacial score (nSPS) is 1.71. The molecule has 0 aliphatic heterocycles. The van der Waals surface area contributed by atoms with E-state index in [1.807, 2.05) is 40.5 Å². The van der Waals surface area contributed by atoms with Crippen molar-refractivity contribution in [2.24, 2.45) is 0 Å². The summed E-state index contributed by atoms with van der Waals surface area (Å²) in [5, 5.41) is 0. The molecule has 0 atom stereocenters. The molecule has 0 rings (SSSR count). The smallest absolute Gasteiger partial charge is 0 e. The van der Waals surface area contributed by atoms with Crippen molar-refractivity contribution in [2.75, 3.05) is 0 Å². The molecule has 15 radical (unpaired) electrons.